The Bertz CT molecular complexity index is 902. The van der Waals surface area contributed by atoms with Gasteiger partial charge in [0.1, 0.15) is 12.4 Å². The Morgan fingerprint density at radius 3 is 2.68 bits per heavy atom. The Balaban J connectivity index is 1.64. The SMILES string of the molecule is O=C(Cn1ccc([N+](=O)[O-])n1)Nc1ccnn1Cc1ccc(Br)cc1. The van der Waals surface area contributed by atoms with Gasteiger partial charge in [-0.25, -0.2) is 4.68 Å². The molecule has 3 rings (SSSR count). The number of nitro groups is 1. The van der Waals surface area contributed by atoms with Crippen molar-refractivity contribution in [3.05, 3.63) is 68.9 Å². The van der Waals surface area contributed by atoms with Crippen LogP contribution in [0.2, 0.25) is 0 Å². The summed E-state index contributed by atoms with van der Waals surface area (Å²) >= 11 is 3.38. The summed E-state index contributed by atoms with van der Waals surface area (Å²) in [5.74, 6) is -0.113. The summed E-state index contributed by atoms with van der Waals surface area (Å²) in [4.78, 5) is 22.1. The zero-order valence-corrected chi connectivity index (χ0v) is 14.5. The molecule has 0 saturated carbocycles. The minimum Gasteiger partial charge on any atom is -0.358 e. The number of halogens is 1. The fourth-order valence-electron chi connectivity index (χ4n) is 2.19. The predicted octanol–water partition coefficient (Wildman–Crippen LogP) is 2.44. The normalized spacial score (nSPS) is 10.6. The Morgan fingerprint density at radius 1 is 1.24 bits per heavy atom. The molecule has 10 heteroatoms. The van der Waals surface area contributed by atoms with E-state index < -0.39 is 4.92 Å². The Hall–Kier alpha value is -3.01. The van der Waals surface area contributed by atoms with Crippen LogP contribution in [0.5, 0.6) is 0 Å². The van der Waals surface area contributed by atoms with Crippen LogP contribution in [0.4, 0.5) is 11.6 Å². The molecule has 25 heavy (non-hydrogen) atoms. The summed E-state index contributed by atoms with van der Waals surface area (Å²) in [6.07, 6.45) is 2.98. The summed E-state index contributed by atoms with van der Waals surface area (Å²) in [5.41, 5.74) is 1.03. The van der Waals surface area contributed by atoms with Gasteiger partial charge in [0, 0.05) is 10.5 Å². The van der Waals surface area contributed by atoms with Crippen molar-refractivity contribution in [1.82, 2.24) is 19.6 Å². The van der Waals surface area contributed by atoms with E-state index in [2.05, 4.69) is 31.4 Å². The molecule has 9 nitrogen and oxygen atoms in total. The van der Waals surface area contributed by atoms with Gasteiger partial charge >= 0.3 is 5.82 Å². The summed E-state index contributed by atoms with van der Waals surface area (Å²) in [5, 5.41) is 21.2. The van der Waals surface area contributed by atoms with Gasteiger partial charge in [-0.05, 0) is 22.6 Å². The van der Waals surface area contributed by atoms with E-state index in [4.69, 9.17) is 0 Å². The number of carbonyl (C=O) groups is 1. The van der Waals surface area contributed by atoms with Gasteiger partial charge in [-0.15, -0.1) is 0 Å². The van der Waals surface area contributed by atoms with Crippen LogP contribution in [0.1, 0.15) is 5.56 Å². The Morgan fingerprint density at radius 2 is 2.00 bits per heavy atom. The number of aromatic nitrogens is 4. The van der Waals surface area contributed by atoms with Crippen molar-refractivity contribution in [3.63, 3.8) is 0 Å². The number of nitrogens with one attached hydrogen (secondary N) is 1. The lowest BCUT2D eigenvalue weighted by atomic mass is 10.2. The molecule has 0 atom stereocenters. The van der Waals surface area contributed by atoms with Crippen molar-refractivity contribution in [2.45, 2.75) is 13.1 Å². The minimum atomic E-state index is -0.609. The van der Waals surface area contributed by atoms with Gasteiger partial charge in [0.25, 0.3) is 0 Å². The van der Waals surface area contributed by atoms with E-state index in [1.807, 2.05) is 24.3 Å². The highest BCUT2D eigenvalue weighted by Gasteiger charge is 2.14. The number of anilines is 1. The number of hydrogen-bond donors (Lipinski definition) is 1. The first-order valence-electron chi connectivity index (χ1n) is 7.25. The first kappa shape index (κ1) is 16.8. The van der Waals surface area contributed by atoms with E-state index in [9.17, 15) is 14.9 Å². The van der Waals surface area contributed by atoms with Crippen molar-refractivity contribution >= 4 is 33.5 Å². The second kappa shape index (κ2) is 7.26. The highest BCUT2D eigenvalue weighted by molar-refractivity contribution is 9.10. The monoisotopic (exact) mass is 404 g/mol. The van der Waals surface area contributed by atoms with Crippen LogP contribution in [0, 0.1) is 10.1 Å². The quantitative estimate of drug-likeness (QED) is 0.501. The maximum atomic E-state index is 12.1. The van der Waals surface area contributed by atoms with Gasteiger partial charge in [0.05, 0.1) is 30.1 Å². The molecule has 0 aliphatic carbocycles. The van der Waals surface area contributed by atoms with Gasteiger partial charge in [0.15, 0.2) is 0 Å². The standard InChI is InChI=1S/C15H13BrN6O3/c16-12-3-1-11(2-4-12)9-21-13(5-7-17-21)18-15(23)10-20-8-6-14(19-20)22(24)25/h1-8H,9-10H2,(H,18,23). The number of carbonyl (C=O) groups excluding carboxylic acids is 1. The molecule has 0 aliphatic rings. The Labute approximate surface area is 150 Å². The van der Waals surface area contributed by atoms with Crippen LogP contribution in [0.15, 0.2) is 53.3 Å². The van der Waals surface area contributed by atoms with Crippen LogP contribution in [0.3, 0.4) is 0 Å². The molecule has 2 heterocycles. The zero-order chi connectivity index (χ0) is 17.8. The molecule has 0 saturated heterocycles. The molecule has 0 radical (unpaired) electrons. The number of rotatable bonds is 6. The molecule has 128 valence electrons. The highest BCUT2D eigenvalue weighted by atomic mass is 79.9. The van der Waals surface area contributed by atoms with E-state index in [-0.39, 0.29) is 18.3 Å². The lowest BCUT2D eigenvalue weighted by Gasteiger charge is -2.09. The third-order valence-electron chi connectivity index (χ3n) is 3.35. The highest BCUT2D eigenvalue weighted by Crippen LogP contribution is 2.14. The van der Waals surface area contributed by atoms with Crippen LogP contribution in [-0.4, -0.2) is 30.4 Å². The average molecular weight is 405 g/mol. The largest absolute Gasteiger partial charge is 0.389 e. The van der Waals surface area contributed by atoms with Crippen molar-refractivity contribution in [2.75, 3.05) is 5.32 Å². The van der Waals surface area contributed by atoms with E-state index >= 15 is 0 Å². The van der Waals surface area contributed by atoms with Crippen LogP contribution >= 0.6 is 15.9 Å². The van der Waals surface area contributed by atoms with Crippen molar-refractivity contribution in [2.24, 2.45) is 0 Å². The molecular weight excluding hydrogens is 392 g/mol. The molecule has 0 fully saturated rings. The topological polar surface area (TPSA) is 108 Å². The number of hydrogen-bond acceptors (Lipinski definition) is 5. The first-order valence-corrected chi connectivity index (χ1v) is 8.04. The third kappa shape index (κ3) is 4.29. The van der Waals surface area contributed by atoms with Gasteiger partial charge < -0.3 is 15.4 Å². The molecule has 0 unspecified atom stereocenters. The lowest BCUT2D eigenvalue weighted by molar-refractivity contribution is -0.389. The summed E-state index contributed by atoms with van der Waals surface area (Å²) in [6.45, 7) is 0.375. The molecule has 0 bridgehead atoms. The smallest absolute Gasteiger partial charge is 0.358 e. The number of benzene rings is 1. The molecule has 2 aromatic heterocycles. The van der Waals surface area contributed by atoms with Crippen molar-refractivity contribution in [1.29, 1.82) is 0 Å². The van der Waals surface area contributed by atoms with Gasteiger partial charge in [-0.3, -0.25) is 4.79 Å². The molecule has 1 N–H and O–H groups in total. The second-order valence-electron chi connectivity index (χ2n) is 5.18. The van der Waals surface area contributed by atoms with Gasteiger partial charge in [-0.2, -0.15) is 9.78 Å². The van der Waals surface area contributed by atoms with E-state index in [0.29, 0.717) is 12.4 Å². The van der Waals surface area contributed by atoms with Crippen molar-refractivity contribution in [3.8, 4) is 0 Å². The molecular formula is C15H13BrN6O3. The third-order valence-corrected chi connectivity index (χ3v) is 3.88. The van der Waals surface area contributed by atoms with E-state index in [0.717, 1.165) is 10.0 Å². The molecule has 0 aliphatic heterocycles. The Kier molecular flexibility index (Phi) is 4.89. The number of nitrogens with zero attached hydrogens (tertiary/aromatic N) is 5. The van der Waals surface area contributed by atoms with Gasteiger partial charge in [0.2, 0.25) is 5.91 Å². The minimum absolute atomic E-state index is 0.128. The van der Waals surface area contributed by atoms with Crippen LogP contribution in [-0.2, 0) is 17.9 Å². The average Bonchev–Trinajstić information content (AvgIpc) is 3.20. The number of amides is 1. The summed E-state index contributed by atoms with van der Waals surface area (Å²) in [6, 6.07) is 10.7. The molecule has 1 amide bonds. The maximum Gasteiger partial charge on any atom is 0.389 e. The summed E-state index contributed by atoms with van der Waals surface area (Å²) < 4.78 is 3.86. The molecule has 3 aromatic rings. The van der Waals surface area contributed by atoms with E-state index in [1.165, 1.54) is 16.9 Å². The van der Waals surface area contributed by atoms with Crippen LogP contribution < -0.4 is 5.32 Å². The summed E-state index contributed by atoms with van der Waals surface area (Å²) in [7, 11) is 0. The second-order valence-corrected chi connectivity index (χ2v) is 6.09. The van der Waals surface area contributed by atoms with Crippen LogP contribution in [0.25, 0.3) is 0 Å². The molecule has 0 spiro atoms. The molecule has 1 aromatic carbocycles. The fraction of sp³-hybridized carbons (Fsp3) is 0.133. The first-order chi connectivity index (χ1) is 12.0. The zero-order valence-electron chi connectivity index (χ0n) is 12.9. The maximum absolute atomic E-state index is 12.1. The van der Waals surface area contributed by atoms with E-state index in [1.54, 1.807) is 16.9 Å². The van der Waals surface area contributed by atoms with Crippen molar-refractivity contribution < 1.29 is 9.72 Å². The lowest BCUT2D eigenvalue weighted by Crippen LogP contribution is -2.21. The van der Waals surface area contributed by atoms with Gasteiger partial charge in [-0.1, -0.05) is 28.1 Å². The predicted molar refractivity (Wildman–Crippen MR) is 93.0 cm³/mol. The fourth-order valence-corrected chi connectivity index (χ4v) is 2.46.